The van der Waals surface area contributed by atoms with Gasteiger partial charge in [0.15, 0.2) is 0 Å². The van der Waals surface area contributed by atoms with Crippen LogP contribution in [0.5, 0.6) is 0 Å². The number of hydrogen-bond donors (Lipinski definition) is 2. The summed E-state index contributed by atoms with van der Waals surface area (Å²) in [5.74, 6) is 0. The summed E-state index contributed by atoms with van der Waals surface area (Å²) >= 11 is 12.6. The molecule has 0 atom stereocenters. The van der Waals surface area contributed by atoms with Crippen molar-refractivity contribution in [2.24, 2.45) is 5.73 Å². The first-order chi connectivity index (χ1) is 9.80. The van der Waals surface area contributed by atoms with Gasteiger partial charge in [0.25, 0.3) is 0 Å². The van der Waals surface area contributed by atoms with Gasteiger partial charge in [-0.2, -0.15) is 11.8 Å². The van der Waals surface area contributed by atoms with Crippen molar-refractivity contribution < 1.29 is 8.42 Å². The molecule has 0 radical (unpaired) electrons. The van der Waals surface area contributed by atoms with Crippen LogP contribution in [0.1, 0.15) is 24.8 Å². The molecule has 1 aromatic rings. The maximum atomic E-state index is 12.4. The highest BCUT2D eigenvalue weighted by molar-refractivity contribution is 8.00. The minimum atomic E-state index is -3.63. The fourth-order valence-corrected chi connectivity index (χ4v) is 5.00. The zero-order valence-electron chi connectivity index (χ0n) is 11.6. The van der Waals surface area contributed by atoms with Crippen molar-refractivity contribution in [1.82, 2.24) is 4.72 Å². The Bertz CT molecular complexity index is 652. The van der Waals surface area contributed by atoms with Gasteiger partial charge in [-0.1, -0.05) is 36.3 Å². The quantitative estimate of drug-likeness (QED) is 0.759. The number of thiocarbonyl (C=S) groups is 1. The number of sulfonamides is 1. The highest BCUT2D eigenvalue weighted by Crippen LogP contribution is 2.42. The van der Waals surface area contributed by atoms with Gasteiger partial charge in [0.05, 0.1) is 5.02 Å². The molecule has 1 aliphatic carbocycles. The monoisotopic (exact) mass is 364 g/mol. The number of rotatable bonds is 6. The SMILES string of the molecule is CSC1(CNS(=O)(=O)c2ccc(C(N)=S)cc2Cl)CCC1. The Morgan fingerprint density at radius 3 is 2.62 bits per heavy atom. The summed E-state index contributed by atoms with van der Waals surface area (Å²) in [5, 5.41) is 0.125. The van der Waals surface area contributed by atoms with Gasteiger partial charge in [0, 0.05) is 16.9 Å². The summed E-state index contributed by atoms with van der Waals surface area (Å²) in [6.07, 6.45) is 5.22. The van der Waals surface area contributed by atoms with E-state index >= 15 is 0 Å². The van der Waals surface area contributed by atoms with Gasteiger partial charge < -0.3 is 5.73 Å². The molecule has 1 aliphatic rings. The third kappa shape index (κ3) is 3.71. The van der Waals surface area contributed by atoms with Crippen LogP contribution in [0.25, 0.3) is 0 Å². The molecule has 1 aromatic carbocycles. The standard InChI is InChI=1S/C13H17ClN2O2S3/c1-20-13(5-2-6-13)8-16-21(17,18)11-4-3-9(12(15)19)7-10(11)14/h3-4,7,16H,2,5-6,8H2,1H3,(H2,15,19). The molecule has 21 heavy (non-hydrogen) atoms. The first kappa shape index (κ1) is 17.0. The van der Waals surface area contributed by atoms with E-state index in [2.05, 4.69) is 4.72 Å². The molecule has 0 saturated heterocycles. The Morgan fingerprint density at radius 2 is 2.19 bits per heavy atom. The van der Waals surface area contributed by atoms with Gasteiger partial charge >= 0.3 is 0 Å². The summed E-state index contributed by atoms with van der Waals surface area (Å²) in [7, 11) is -3.63. The maximum absolute atomic E-state index is 12.4. The largest absolute Gasteiger partial charge is 0.389 e. The second-order valence-corrected chi connectivity index (χ2v) is 8.93. The van der Waals surface area contributed by atoms with E-state index in [4.69, 9.17) is 29.6 Å². The van der Waals surface area contributed by atoms with E-state index in [1.165, 1.54) is 12.1 Å². The van der Waals surface area contributed by atoms with Crippen LogP contribution in [0.2, 0.25) is 5.02 Å². The van der Waals surface area contributed by atoms with Crippen LogP contribution in [0.3, 0.4) is 0 Å². The first-order valence-corrected chi connectivity index (χ1v) is 9.93. The topological polar surface area (TPSA) is 72.2 Å². The Hall–Kier alpha value is -0.340. The third-order valence-electron chi connectivity index (χ3n) is 3.79. The van der Waals surface area contributed by atoms with Gasteiger partial charge in [-0.15, -0.1) is 0 Å². The zero-order chi connectivity index (χ0) is 15.7. The molecule has 0 heterocycles. The van der Waals surface area contributed by atoms with E-state index in [1.54, 1.807) is 17.8 Å². The fraction of sp³-hybridized carbons (Fsp3) is 0.462. The predicted octanol–water partition coefficient (Wildman–Crippen LogP) is 2.54. The van der Waals surface area contributed by atoms with Crippen LogP contribution >= 0.6 is 35.6 Å². The lowest BCUT2D eigenvalue weighted by Gasteiger charge is -2.40. The van der Waals surface area contributed by atoms with E-state index in [0.717, 1.165) is 19.3 Å². The minimum Gasteiger partial charge on any atom is -0.389 e. The van der Waals surface area contributed by atoms with Crippen LogP contribution < -0.4 is 10.5 Å². The number of thioether (sulfide) groups is 1. The molecule has 0 unspecified atom stereocenters. The molecular formula is C13H17ClN2O2S3. The normalized spacial score (nSPS) is 17.2. The van der Waals surface area contributed by atoms with E-state index in [9.17, 15) is 8.42 Å². The van der Waals surface area contributed by atoms with Crippen molar-refractivity contribution in [3.63, 3.8) is 0 Å². The second kappa shape index (κ2) is 6.42. The van der Waals surface area contributed by atoms with Crippen LogP contribution in [-0.4, -0.2) is 31.0 Å². The Kier molecular flexibility index (Phi) is 5.20. The van der Waals surface area contributed by atoms with Gasteiger partial charge in [-0.3, -0.25) is 0 Å². The Labute approximate surface area is 139 Å². The average molecular weight is 365 g/mol. The van der Waals surface area contributed by atoms with Crippen molar-refractivity contribution >= 4 is 50.6 Å². The molecule has 0 bridgehead atoms. The van der Waals surface area contributed by atoms with Crippen molar-refractivity contribution in [2.45, 2.75) is 28.9 Å². The molecule has 8 heteroatoms. The maximum Gasteiger partial charge on any atom is 0.242 e. The number of nitrogens with two attached hydrogens (primary N) is 1. The predicted molar refractivity (Wildman–Crippen MR) is 92.6 cm³/mol. The van der Waals surface area contributed by atoms with E-state index in [1.807, 2.05) is 6.26 Å². The molecule has 0 amide bonds. The summed E-state index contributed by atoms with van der Waals surface area (Å²) in [6.45, 7) is 0.421. The molecule has 2 rings (SSSR count). The smallest absolute Gasteiger partial charge is 0.242 e. The molecule has 0 spiro atoms. The van der Waals surface area contributed by atoms with Gasteiger partial charge in [0.2, 0.25) is 10.0 Å². The van der Waals surface area contributed by atoms with Crippen LogP contribution in [0.4, 0.5) is 0 Å². The van der Waals surface area contributed by atoms with Crippen LogP contribution in [-0.2, 0) is 10.0 Å². The van der Waals surface area contributed by atoms with Crippen LogP contribution in [0, 0.1) is 0 Å². The minimum absolute atomic E-state index is 0.0261. The highest BCUT2D eigenvalue weighted by atomic mass is 35.5. The van der Waals surface area contributed by atoms with Crippen molar-refractivity contribution in [3.05, 3.63) is 28.8 Å². The highest BCUT2D eigenvalue weighted by Gasteiger charge is 2.37. The van der Waals surface area contributed by atoms with Gasteiger partial charge in [-0.05, 0) is 31.2 Å². The Morgan fingerprint density at radius 1 is 1.52 bits per heavy atom. The number of benzene rings is 1. The Balaban J connectivity index is 2.18. The molecule has 116 valence electrons. The lowest BCUT2D eigenvalue weighted by atomic mass is 9.84. The molecule has 4 nitrogen and oxygen atoms in total. The molecule has 3 N–H and O–H groups in total. The first-order valence-electron chi connectivity index (χ1n) is 6.44. The molecule has 0 aromatic heterocycles. The van der Waals surface area contributed by atoms with Crippen molar-refractivity contribution in [1.29, 1.82) is 0 Å². The fourth-order valence-electron chi connectivity index (χ4n) is 2.20. The summed E-state index contributed by atoms with van der Waals surface area (Å²) in [5.41, 5.74) is 6.06. The third-order valence-corrected chi connectivity index (χ3v) is 7.33. The zero-order valence-corrected chi connectivity index (χ0v) is 14.8. The summed E-state index contributed by atoms with van der Waals surface area (Å²) in [6, 6.07) is 4.48. The molecule has 1 fully saturated rings. The van der Waals surface area contributed by atoms with Crippen molar-refractivity contribution in [2.75, 3.05) is 12.8 Å². The molecule has 0 aliphatic heterocycles. The number of nitrogens with one attached hydrogen (secondary N) is 1. The molecular weight excluding hydrogens is 348 g/mol. The van der Waals surface area contributed by atoms with Crippen molar-refractivity contribution in [3.8, 4) is 0 Å². The number of hydrogen-bond acceptors (Lipinski definition) is 4. The summed E-state index contributed by atoms with van der Waals surface area (Å²) < 4.78 is 27.4. The van der Waals surface area contributed by atoms with E-state index < -0.39 is 10.0 Å². The van der Waals surface area contributed by atoms with Crippen LogP contribution in [0.15, 0.2) is 23.1 Å². The number of halogens is 1. The van der Waals surface area contributed by atoms with E-state index in [-0.39, 0.29) is 19.7 Å². The van der Waals surface area contributed by atoms with Gasteiger partial charge in [-0.25, -0.2) is 13.1 Å². The van der Waals surface area contributed by atoms with Gasteiger partial charge in [0.1, 0.15) is 9.88 Å². The lowest BCUT2D eigenvalue weighted by Crippen LogP contribution is -2.45. The van der Waals surface area contributed by atoms with E-state index in [0.29, 0.717) is 12.1 Å². The lowest BCUT2D eigenvalue weighted by molar-refractivity contribution is 0.362. The molecule has 1 saturated carbocycles. The second-order valence-electron chi connectivity index (χ2n) is 5.07. The average Bonchev–Trinajstić information content (AvgIpc) is 2.37. The summed E-state index contributed by atoms with van der Waals surface area (Å²) in [4.78, 5) is 0.240.